The van der Waals surface area contributed by atoms with Crippen LogP contribution < -0.4 is 4.74 Å². The van der Waals surface area contributed by atoms with Crippen molar-refractivity contribution in [3.05, 3.63) is 30.0 Å². The minimum atomic E-state index is -0.390. The maximum Gasteiger partial charge on any atom is 0.414 e. The van der Waals surface area contributed by atoms with Crippen LogP contribution in [0.15, 0.2) is 24.4 Å². The molecule has 1 amide bonds. The predicted molar refractivity (Wildman–Crippen MR) is 109 cm³/mol. The number of benzene rings is 1. The smallest absolute Gasteiger partial charge is 0.414 e. The monoisotopic (exact) mass is 403 g/mol. The molecule has 0 saturated carbocycles. The fraction of sp³-hybridized carbons (Fsp3) is 0.524. The van der Waals surface area contributed by atoms with Crippen molar-refractivity contribution in [3.8, 4) is 5.75 Å². The van der Waals surface area contributed by atoms with Crippen molar-refractivity contribution in [1.82, 2.24) is 14.8 Å². The molecule has 1 N–H and O–H groups in total. The summed E-state index contributed by atoms with van der Waals surface area (Å²) in [6, 6.07) is 5.46. The van der Waals surface area contributed by atoms with Crippen molar-refractivity contribution in [1.29, 1.82) is 0 Å². The average molecular weight is 403 g/mol. The molecule has 8 nitrogen and oxygen atoms in total. The molecule has 1 aromatic heterocycles. The number of aryl methyl sites for hydroxylation is 1. The van der Waals surface area contributed by atoms with Gasteiger partial charge in [0, 0.05) is 62.8 Å². The van der Waals surface area contributed by atoms with Crippen molar-refractivity contribution in [2.24, 2.45) is 0 Å². The molecule has 1 saturated heterocycles. The van der Waals surface area contributed by atoms with Crippen LogP contribution >= 0.6 is 0 Å². The number of amides is 1. The number of nitrogens with zero attached hydrogens (tertiary/aromatic N) is 2. The zero-order valence-electron chi connectivity index (χ0n) is 17.1. The molecule has 0 spiro atoms. The fourth-order valence-electron chi connectivity index (χ4n) is 3.17. The average Bonchev–Trinajstić information content (AvgIpc) is 3.14. The Kier molecular flexibility index (Phi) is 7.48. The Balaban J connectivity index is 1.47. The van der Waals surface area contributed by atoms with E-state index in [4.69, 9.17) is 14.2 Å². The number of fused-ring (bicyclic) bond motifs is 1. The molecule has 158 valence electrons. The number of aromatic amines is 1. The summed E-state index contributed by atoms with van der Waals surface area (Å²) in [5, 5.41) is 1.01. The van der Waals surface area contributed by atoms with Gasteiger partial charge in [-0.15, -0.1) is 0 Å². The topological polar surface area (TPSA) is 84.1 Å². The fourth-order valence-corrected chi connectivity index (χ4v) is 3.17. The van der Waals surface area contributed by atoms with Gasteiger partial charge >= 0.3 is 12.1 Å². The molecule has 0 aliphatic carbocycles. The van der Waals surface area contributed by atoms with E-state index in [2.05, 4.69) is 9.88 Å². The van der Waals surface area contributed by atoms with Crippen molar-refractivity contribution in [3.63, 3.8) is 0 Å². The van der Waals surface area contributed by atoms with Crippen LogP contribution in [0.25, 0.3) is 10.9 Å². The van der Waals surface area contributed by atoms with E-state index in [0.717, 1.165) is 49.3 Å². The van der Waals surface area contributed by atoms with Crippen LogP contribution in [0.4, 0.5) is 4.79 Å². The van der Waals surface area contributed by atoms with Crippen LogP contribution in [0.3, 0.4) is 0 Å². The minimum Gasteiger partial charge on any atom is -0.464 e. The van der Waals surface area contributed by atoms with E-state index >= 15 is 0 Å². The number of hydrogen-bond donors (Lipinski definition) is 1. The number of morpholine rings is 1. The van der Waals surface area contributed by atoms with Gasteiger partial charge in [0.1, 0.15) is 12.4 Å². The lowest BCUT2D eigenvalue weighted by atomic mass is 10.1. The largest absolute Gasteiger partial charge is 0.464 e. The molecule has 0 radical (unpaired) electrons. The standard InChI is InChI=1S/C21H29N3O5/c1-3-23(2)21(26)29-17-5-6-18-16(15-22-19(18)14-17)4-7-20(25)28-13-10-24-8-11-27-12-9-24/h5-6,14-15,22H,3-4,7-13H2,1-2H3. The van der Waals surface area contributed by atoms with E-state index in [0.29, 0.717) is 31.7 Å². The van der Waals surface area contributed by atoms with Gasteiger partial charge in [-0.25, -0.2) is 4.79 Å². The number of aromatic nitrogens is 1. The first-order valence-electron chi connectivity index (χ1n) is 10.1. The highest BCUT2D eigenvalue weighted by Gasteiger charge is 2.13. The Bertz CT molecular complexity index is 829. The van der Waals surface area contributed by atoms with Crippen LogP contribution in [0, 0.1) is 0 Å². The Hall–Kier alpha value is -2.58. The van der Waals surface area contributed by atoms with Gasteiger partial charge in [0.25, 0.3) is 0 Å². The molecule has 1 aliphatic heterocycles. The quantitative estimate of drug-likeness (QED) is 0.682. The van der Waals surface area contributed by atoms with E-state index in [1.54, 1.807) is 19.2 Å². The number of rotatable bonds is 8. The van der Waals surface area contributed by atoms with Gasteiger partial charge in [-0.2, -0.15) is 0 Å². The van der Waals surface area contributed by atoms with E-state index in [-0.39, 0.29) is 5.97 Å². The Labute approximate surface area is 170 Å². The third kappa shape index (κ3) is 5.95. The molecule has 1 aliphatic rings. The number of H-pyrrole nitrogens is 1. The van der Waals surface area contributed by atoms with Gasteiger partial charge in [-0.05, 0) is 31.0 Å². The third-order valence-corrected chi connectivity index (χ3v) is 5.10. The van der Waals surface area contributed by atoms with Crippen LogP contribution in [0.5, 0.6) is 5.75 Å². The second-order valence-electron chi connectivity index (χ2n) is 7.08. The first kappa shape index (κ1) is 21.1. The predicted octanol–water partition coefficient (Wildman–Crippen LogP) is 2.43. The normalized spacial score (nSPS) is 14.7. The molecule has 8 heteroatoms. The summed E-state index contributed by atoms with van der Waals surface area (Å²) < 4.78 is 16.0. The molecule has 1 fully saturated rings. The van der Waals surface area contributed by atoms with Gasteiger partial charge in [-0.3, -0.25) is 9.69 Å². The van der Waals surface area contributed by atoms with E-state index in [1.165, 1.54) is 4.90 Å². The molecule has 0 bridgehead atoms. The molecular formula is C21H29N3O5. The van der Waals surface area contributed by atoms with E-state index in [1.807, 2.05) is 19.2 Å². The van der Waals surface area contributed by atoms with Crippen molar-refractivity contribution < 1.29 is 23.8 Å². The summed E-state index contributed by atoms with van der Waals surface area (Å²) in [6.07, 6.45) is 2.41. The zero-order valence-corrected chi connectivity index (χ0v) is 17.1. The van der Waals surface area contributed by atoms with Gasteiger partial charge < -0.3 is 24.1 Å². The summed E-state index contributed by atoms with van der Waals surface area (Å²) >= 11 is 0. The molecule has 1 aromatic carbocycles. The second kappa shape index (κ2) is 10.3. The lowest BCUT2D eigenvalue weighted by Crippen LogP contribution is -2.38. The number of ether oxygens (including phenoxy) is 3. The highest BCUT2D eigenvalue weighted by molar-refractivity contribution is 5.85. The molecule has 0 unspecified atom stereocenters. The Morgan fingerprint density at radius 2 is 2.07 bits per heavy atom. The Morgan fingerprint density at radius 3 is 2.83 bits per heavy atom. The maximum atomic E-state index is 12.0. The minimum absolute atomic E-state index is 0.194. The van der Waals surface area contributed by atoms with Crippen molar-refractivity contribution >= 4 is 23.0 Å². The number of carbonyl (C=O) groups is 2. The van der Waals surface area contributed by atoms with Crippen LogP contribution in [-0.4, -0.2) is 79.9 Å². The first-order valence-corrected chi connectivity index (χ1v) is 10.1. The second-order valence-corrected chi connectivity index (χ2v) is 7.08. The Morgan fingerprint density at radius 1 is 1.28 bits per heavy atom. The highest BCUT2D eigenvalue weighted by atomic mass is 16.6. The van der Waals surface area contributed by atoms with Gasteiger partial charge in [0.05, 0.1) is 13.2 Å². The first-order chi connectivity index (χ1) is 14.1. The van der Waals surface area contributed by atoms with Gasteiger partial charge in [-0.1, -0.05) is 0 Å². The molecule has 29 heavy (non-hydrogen) atoms. The number of esters is 1. The summed E-state index contributed by atoms with van der Waals surface area (Å²) in [5.41, 5.74) is 1.90. The van der Waals surface area contributed by atoms with Crippen LogP contribution in [-0.2, 0) is 20.7 Å². The van der Waals surface area contributed by atoms with Crippen molar-refractivity contribution in [2.75, 3.05) is 53.0 Å². The lowest BCUT2D eigenvalue weighted by Gasteiger charge is -2.26. The molecule has 3 rings (SSSR count). The summed E-state index contributed by atoms with van der Waals surface area (Å²) in [6.45, 7) is 6.88. The third-order valence-electron chi connectivity index (χ3n) is 5.10. The van der Waals surface area contributed by atoms with Gasteiger partial charge in [0.15, 0.2) is 0 Å². The van der Waals surface area contributed by atoms with Crippen LogP contribution in [0.2, 0.25) is 0 Å². The maximum absolute atomic E-state index is 12.0. The number of hydrogen-bond acceptors (Lipinski definition) is 6. The SMILES string of the molecule is CCN(C)C(=O)Oc1ccc2c(CCC(=O)OCCN3CCOCC3)c[nH]c2c1. The number of nitrogens with one attached hydrogen (secondary N) is 1. The molecule has 0 atom stereocenters. The summed E-state index contributed by atoms with van der Waals surface area (Å²) in [5.74, 6) is 0.291. The highest BCUT2D eigenvalue weighted by Crippen LogP contribution is 2.24. The van der Waals surface area contributed by atoms with E-state index < -0.39 is 6.09 Å². The van der Waals surface area contributed by atoms with Gasteiger partial charge in [0.2, 0.25) is 0 Å². The molecular weight excluding hydrogens is 374 g/mol. The lowest BCUT2D eigenvalue weighted by molar-refractivity contribution is -0.144. The van der Waals surface area contributed by atoms with E-state index in [9.17, 15) is 9.59 Å². The summed E-state index contributed by atoms with van der Waals surface area (Å²) in [4.78, 5) is 30.8. The molecule has 2 heterocycles. The van der Waals surface area contributed by atoms with Crippen molar-refractivity contribution in [2.45, 2.75) is 19.8 Å². The number of carbonyl (C=O) groups excluding carboxylic acids is 2. The molecule has 2 aromatic rings. The van der Waals surface area contributed by atoms with Crippen LogP contribution in [0.1, 0.15) is 18.9 Å². The zero-order chi connectivity index (χ0) is 20.6. The summed E-state index contributed by atoms with van der Waals surface area (Å²) in [7, 11) is 1.69.